The number of carbonyl (C=O) groups is 1. The van der Waals surface area contributed by atoms with Crippen LogP contribution >= 0.6 is 0 Å². The highest BCUT2D eigenvalue weighted by Gasteiger charge is 2.30. The maximum atomic E-state index is 11.8. The minimum Gasteiger partial charge on any atom is -0.479 e. The first kappa shape index (κ1) is 45.3. The molecule has 0 saturated carbocycles. The van der Waals surface area contributed by atoms with Crippen LogP contribution in [0.25, 0.3) is 0 Å². The Kier molecular flexibility index (Phi) is 38.2. The van der Waals surface area contributed by atoms with E-state index < -0.39 is 18.4 Å². The third-order valence-corrected chi connectivity index (χ3v) is 9.40. The Hall–Kier alpha value is -0.650. The van der Waals surface area contributed by atoms with E-state index in [2.05, 4.69) is 13.8 Å². The van der Waals surface area contributed by atoms with Gasteiger partial charge in [-0.3, -0.25) is 0 Å². The summed E-state index contributed by atoms with van der Waals surface area (Å²) in [5.74, 6) is -1.01. The first-order valence-electron chi connectivity index (χ1n) is 20.7. The molecule has 0 saturated heterocycles. The number of hydrogen-bond donors (Lipinski definition) is 1. The minimum atomic E-state index is -1.06. The predicted molar refractivity (Wildman–Crippen MR) is 198 cm³/mol. The van der Waals surface area contributed by atoms with E-state index >= 15 is 0 Å². The Morgan fingerprint density at radius 3 is 0.848 bits per heavy atom. The molecule has 0 aliphatic carbocycles. The van der Waals surface area contributed by atoms with E-state index in [0.29, 0.717) is 19.8 Å². The lowest BCUT2D eigenvalue weighted by Gasteiger charge is -2.24. The molecule has 0 spiro atoms. The smallest absolute Gasteiger partial charge is 0.338 e. The SMILES string of the molecule is CCCCCCCCCCCCCCCCCCOC(OCCCCCCCCCCCCCCCCCC)C(OCC)C(=O)O. The Labute approximate surface area is 288 Å². The zero-order valence-corrected chi connectivity index (χ0v) is 31.5. The molecular weight excluding hydrogens is 572 g/mol. The van der Waals surface area contributed by atoms with Crippen LogP contribution in [0.2, 0.25) is 0 Å². The van der Waals surface area contributed by atoms with Gasteiger partial charge in [0.1, 0.15) is 0 Å². The molecule has 0 bridgehead atoms. The fourth-order valence-corrected chi connectivity index (χ4v) is 6.37. The Bertz CT molecular complexity index is 545. The summed E-state index contributed by atoms with van der Waals surface area (Å²) >= 11 is 0. The van der Waals surface area contributed by atoms with E-state index in [4.69, 9.17) is 14.2 Å². The highest BCUT2D eigenvalue weighted by molar-refractivity contribution is 5.72. The van der Waals surface area contributed by atoms with Gasteiger partial charge >= 0.3 is 5.97 Å². The summed E-state index contributed by atoms with van der Waals surface area (Å²) in [4.78, 5) is 11.8. The molecule has 0 fully saturated rings. The van der Waals surface area contributed by atoms with Crippen molar-refractivity contribution >= 4 is 5.97 Å². The maximum absolute atomic E-state index is 11.8. The average molecular weight is 655 g/mol. The zero-order chi connectivity index (χ0) is 33.6. The average Bonchev–Trinajstić information content (AvgIpc) is 3.05. The van der Waals surface area contributed by atoms with Crippen molar-refractivity contribution in [3.05, 3.63) is 0 Å². The van der Waals surface area contributed by atoms with Gasteiger partial charge in [-0.2, -0.15) is 0 Å². The summed E-state index contributed by atoms with van der Waals surface area (Å²) < 4.78 is 17.4. The molecule has 0 aromatic rings. The van der Waals surface area contributed by atoms with Gasteiger partial charge in [-0.05, 0) is 19.8 Å². The molecule has 5 nitrogen and oxygen atoms in total. The summed E-state index contributed by atoms with van der Waals surface area (Å²) in [6, 6.07) is 0. The third kappa shape index (κ3) is 33.3. The fourth-order valence-electron chi connectivity index (χ4n) is 6.37. The van der Waals surface area contributed by atoms with Gasteiger partial charge < -0.3 is 19.3 Å². The highest BCUT2D eigenvalue weighted by atomic mass is 16.7. The zero-order valence-electron chi connectivity index (χ0n) is 31.5. The van der Waals surface area contributed by atoms with E-state index in [1.54, 1.807) is 0 Å². The molecular formula is C41H82O5. The second-order valence-corrected chi connectivity index (χ2v) is 13.9. The summed E-state index contributed by atoms with van der Waals surface area (Å²) in [6.07, 6.45) is 40.7. The van der Waals surface area contributed by atoms with Gasteiger partial charge in [0.2, 0.25) is 6.10 Å². The van der Waals surface area contributed by atoms with Crippen molar-refractivity contribution in [1.82, 2.24) is 0 Å². The highest BCUT2D eigenvalue weighted by Crippen LogP contribution is 2.16. The molecule has 0 heterocycles. The van der Waals surface area contributed by atoms with Crippen molar-refractivity contribution in [3.63, 3.8) is 0 Å². The number of carboxylic acid groups (broad SMARTS) is 1. The first-order chi connectivity index (χ1) is 22.7. The van der Waals surface area contributed by atoms with Crippen molar-refractivity contribution in [2.45, 2.75) is 239 Å². The van der Waals surface area contributed by atoms with Crippen LogP contribution in [0.1, 0.15) is 226 Å². The quantitative estimate of drug-likeness (QED) is 0.0526. The van der Waals surface area contributed by atoms with Crippen LogP contribution in [0.5, 0.6) is 0 Å². The third-order valence-electron chi connectivity index (χ3n) is 9.40. The van der Waals surface area contributed by atoms with Crippen molar-refractivity contribution in [2.75, 3.05) is 19.8 Å². The topological polar surface area (TPSA) is 65.0 Å². The van der Waals surface area contributed by atoms with Crippen molar-refractivity contribution in [1.29, 1.82) is 0 Å². The van der Waals surface area contributed by atoms with Crippen LogP contribution in [0.3, 0.4) is 0 Å². The van der Waals surface area contributed by atoms with Crippen LogP contribution in [-0.2, 0) is 19.0 Å². The lowest BCUT2D eigenvalue weighted by atomic mass is 10.0. The first-order valence-corrected chi connectivity index (χ1v) is 20.7. The van der Waals surface area contributed by atoms with E-state index in [9.17, 15) is 9.90 Å². The molecule has 0 aromatic carbocycles. The number of ether oxygens (including phenoxy) is 3. The normalized spacial score (nSPS) is 12.3. The molecule has 1 unspecified atom stereocenters. The van der Waals surface area contributed by atoms with Gasteiger partial charge in [0.25, 0.3) is 0 Å². The second-order valence-electron chi connectivity index (χ2n) is 13.9. The molecule has 0 aliphatic heterocycles. The molecule has 0 amide bonds. The van der Waals surface area contributed by atoms with Gasteiger partial charge in [-0.1, -0.05) is 206 Å². The molecule has 276 valence electrons. The summed E-state index contributed by atoms with van der Waals surface area (Å²) in [6.45, 7) is 7.77. The van der Waals surface area contributed by atoms with Gasteiger partial charge in [0, 0.05) is 19.8 Å². The molecule has 0 aliphatic rings. The molecule has 0 aromatic heterocycles. The van der Waals surface area contributed by atoms with Gasteiger partial charge in [0.05, 0.1) is 0 Å². The maximum Gasteiger partial charge on any atom is 0.338 e. The van der Waals surface area contributed by atoms with Crippen molar-refractivity contribution in [2.24, 2.45) is 0 Å². The van der Waals surface area contributed by atoms with Crippen LogP contribution in [0.15, 0.2) is 0 Å². The number of hydrogen-bond acceptors (Lipinski definition) is 4. The summed E-state index contributed by atoms with van der Waals surface area (Å²) in [5, 5.41) is 9.68. The number of aliphatic carboxylic acids is 1. The number of rotatable bonds is 40. The van der Waals surface area contributed by atoms with E-state index in [-0.39, 0.29) is 0 Å². The van der Waals surface area contributed by atoms with Gasteiger partial charge in [0.15, 0.2) is 6.29 Å². The van der Waals surface area contributed by atoms with Crippen LogP contribution in [0, 0.1) is 0 Å². The van der Waals surface area contributed by atoms with Gasteiger partial charge in [-0.15, -0.1) is 0 Å². The summed E-state index contributed by atoms with van der Waals surface area (Å²) in [7, 11) is 0. The number of unbranched alkanes of at least 4 members (excludes halogenated alkanes) is 30. The molecule has 0 radical (unpaired) electrons. The minimum absolute atomic E-state index is 0.332. The lowest BCUT2D eigenvalue weighted by Crippen LogP contribution is -2.40. The van der Waals surface area contributed by atoms with E-state index in [1.807, 2.05) is 6.92 Å². The predicted octanol–water partition coefficient (Wildman–Crippen LogP) is 13.4. The standard InChI is InChI=1S/C41H82O5/c1-4-7-9-11-13-15-17-19-21-23-25-27-29-31-33-35-37-45-41(39(40(42)43)44-6-3)46-38-36-34-32-30-28-26-24-22-20-18-16-14-12-10-8-5-2/h39,41H,4-38H2,1-3H3,(H,42,43). The van der Waals surface area contributed by atoms with Crippen molar-refractivity contribution < 1.29 is 24.1 Å². The molecule has 46 heavy (non-hydrogen) atoms. The van der Waals surface area contributed by atoms with Crippen LogP contribution in [0.4, 0.5) is 0 Å². The summed E-state index contributed by atoms with van der Waals surface area (Å²) in [5.41, 5.74) is 0. The number of carboxylic acids is 1. The Balaban J connectivity index is 3.77. The molecule has 1 atom stereocenters. The second kappa shape index (κ2) is 38.8. The van der Waals surface area contributed by atoms with Crippen LogP contribution < -0.4 is 0 Å². The van der Waals surface area contributed by atoms with Crippen LogP contribution in [-0.4, -0.2) is 43.3 Å². The monoisotopic (exact) mass is 655 g/mol. The van der Waals surface area contributed by atoms with Crippen molar-refractivity contribution in [3.8, 4) is 0 Å². The van der Waals surface area contributed by atoms with Gasteiger partial charge in [-0.25, -0.2) is 4.79 Å². The fraction of sp³-hybridized carbons (Fsp3) is 0.976. The lowest BCUT2D eigenvalue weighted by molar-refractivity contribution is -0.216. The molecule has 0 rings (SSSR count). The Morgan fingerprint density at radius 1 is 0.391 bits per heavy atom. The molecule has 5 heteroatoms. The van der Waals surface area contributed by atoms with E-state index in [1.165, 1.54) is 180 Å². The molecule has 1 N–H and O–H groups in total. The van der Waals surface area contributed by atoms with E-state index in [0.717, 1.165) is 25.7 Å². The Morgan fingerprint density at radius 2 is 0.630 bits per heavy atom. The largest absolute Gasteiger partial charge is 0.479 e.